The number of sulfonamides is 1. The van der Waals surface area contributed by atoms with Gasteiger partial charge in [0.25, 0.3) is 0 Å². The van der Waals surface area contributed by atoms with Crippen LogP contribution in [-0.2, 0) is 10.0 Å². The summed E-state index contributed by atoms with van der Waals surface area (Å²) < 4.78 is 27.0. The average Bonchev–Trinajstić information content (AvgIpc) is 2.57. The monoisotopic (exact) mass is 404 g/mol. The molecule has 0 atom stereocenters. The fourth-order valence-electron chi connectivity index (χ4n) is 2.68. The van der Waals surface area contributed by atoms with Crippen LogP contribution in [0.15, 0.2) is 47.4 Å². The van der Waals surface area contributed by atoms with Crippen LogP contribution >= 0.6 is 34.8 Å². The lowest BCUT2D eigenvalue weighted by Gasteiger charge is -2.35. The summed E-state index contributed by atoms with van der Waals surface area (Å²) in [7, 11) is -3.66. The highest BCUT2D eigenvalue weighted by atomic mass is 35.5. The van der Waals surface area contributed by atoms with Crippen LogP contribution in [0.3, 0.4) is 0 Å². The Bertz CT molecular complexity index is 850. The van der Waals surface area contributed by atoms with Crippen LogP contribution in [0.5, 0.6) is 0 Å². The number of halogens is 3. The van der Waals surface area contributed by atoms with Crippen LogP contribution in [0.4, 0.5) is 5.69 Å². The molecule has 1 aliphatic rings. The maximum Gasteiger partial charge on any atom is 0.244 e. The molecule has 0 amide bonds. The van der Waals surface area contributed by atoms with Gasteiger partial charge >= 0.3 is 0 Å². The van der Waals surface area contributed by atoms with E-state index in [1.54, 1.807) is 12.1 Å². The largest absolute Gasteiger partial charge is 0.369 e. The lowest BCUT2D eigenvalue weighted by molar-refractivity contribution is 0.385. The van der Waals surface area contributed by atoms with E-state index < -0.39 is 10.0 Å². The highest BCUT2D eigenvalue weighted by molar-refractivity contribution is 7.89. The molecule has 3 rings (SSSR count). The normalized spacial score (nSPS) is 16.4. The smallest absolute Gasteiger partial charge is 0.244 e. The van der Waals surface area contributed by atoms with Crippen molar-refractivity contribution in [2.45, 2.75) is 4.90 Å². The van der Waals surface area contributed by atoms with E-state index >= 15 is 0 Å². The van der Waals surface area contributed by atoms with Crippen LogP contribution < -0.4 is 4.90 Å². The number of hydrogen-bond acceptors (Lipinski definition) is 3. The molecule has 1 saturated heterocycles. The molecule has 128 valence electrons. The molecule has 1 fully saturated rings. The number of anilines is 1. The van der Waals surface area contributed by atoms with E-state index in [9.17, 15) is 8.42 Å². The van der Waals surface area contributed by atoms with Gasteiger partial charge in [0, 0.05) is 36.9 Å². The van der Waals surface area contributed by atoms with E-state index in [4.69, 9.17) is 34.8 Å². The third-order valence-corrected chi connectivity index (χ3v) is 7.05. The molecule has 0 radical (unpaired) electrons. The van der Waals surface area contributed by atoms with Crippen molar-refractivity contribution in [2.75, 3.05) is 31.1 Å². The SMILES string of the molecule is O=S(=O)(c1cccc(Cl)c1Cl)N1CCN(c2cccc(Cl)c2)CC1. The third-order valence-electron chi connectivity index (χ3n) is 3.95. The minimum Gasteiger partial charge on any atom is -0.369 e. The van der Waals surface area contributed by atoms with E-state index in [0.717, 1.165) is 5.69 Å². The molecule has 0 unspecified atom stereocenters. The Balaban J connectivity index is 1.77. The quantitative estimate of drug-likeness (QED) is 0.770. The first-order valence-electron chi connectivity index (χ1n) is 7.34. The van der Waals surface area contributed by atoms with Gasteiger partial charge in [-0.25, -0.2) is 8.42 Å². The molecule has 0 N–H and O–H groups in total. The van der Waals surface area contributed by atoms with Gasteiger partial charge in [-0.1, -0.05) is 46.9 Å². The first kappa shape index (κ1) is 17.8. The maximum atomic E-state index is 12.8. The first-order chi connectivity index (χ1) is 11.4. The molecular weight excluding hydrogens is 391 g/mol. The zero-order valence-electron chi connectivity index (χ0n) is 12.6. The molecule has 0 bridgehead atoms. The van der Waals surface area contributed by atoms with Crippen LogP contribution in [0.2, 0.25) is 15.1 Å². The fourth-order valence-corrected chi connectivity index (χ4v) is 5.02. The van der Waals surface area contributed by atoms with Gasteiger partial charge in [-0.2, -0.15) is 4.31 Å². The van der Waals surface area contributed by atoms with Crippen molar-refractivity contribution < 1.29 is 8.42 Å². The van der Waals surface area contributed by atoms with E-state index in [0.29, 0.717) is 31.2 Å². The summed E-state index contributed by atoms with van der Waals surface area (Å²) in [6.07, 6.45) is 0. The van der Waals surface area contributed by atoms with Crippen molar-refractivity contribution in [2.24, 2.45) is 0 Å². The second kappa shape index (κ2) is 7.10. The zero-order valence-corrected chi connectivity index (χ0v) is 15.7. The first-order valence-corrected chi connectivity index (χ1v) is 9.91. The average molecular weight is 406 g/mol. The van der Waals surface area contributed by atoms with Gasteiger partial charge in [-0.15, -0.1) is 0 Å². The Morgan fingerprint density at radius 1 is 0.875 bits per heavy atom. The molecule has 0 spiro atoms. The molecule has 2 aromatic carbocycles. The molecule has 0 saturated carbocycles. The van der Waals surface area contributed by atoms with Gasteiger partial charge in [0.05, 0.1) is 10.0 Å². The highest BCUT2D eigenvalue weighted by Crippen LogP contribution is 2.31. The minimum atomic E-state index is -3.66. The number of nitrogens with zero attached hydrogens (tertiary/aromatic N) is 2. The van der Waals surface area contributed by atoms with Crippen molar-refractivity contribution in [3.8, 4) is 0 Å². The van der Waals surface area contributed by atoms with Gasteiger partial charge < -0.3 is 4.90 Å². The van der Waals surface area contributed by atoms with Crippen molar-refractivity contribution in [3.63, 3.8) is 0 Å². The van der Waals surface area contributed by atoms with E-state index in [2.05, 4.69) is 4.90 Å². The summed E-state index contributed by atoms with van der Waals surface area (Å²) in [5, 5.41) is 0.958. The summed E-state index contributed by atoms with van der Waals surface area (Å²) >= 11 is 18.0. The van der Waals surface area contributed by atoms with Crippen molar-refractivity contribution in [1.82, 2.24) is 4.31 Å². The maximum absolute atomic E-state index is 12.8. The Morgan fingerprint density at radius 3 is 2.21 bits per heavy atom. The molecular formula is C16H15Cl3N2O2S. The molecule has 0 aromatic heterocycles. The predicted molar refractivity (Wildman–Crippen MR) is 98.9 cm³/mol. The van der Waals surface area contributed by atoms with Crippen molar-refractivity contribution in [3.05, 3.63) is 57.5 Å². The van der Waals surface area contributed by atoms with Gasteiger partial charge in [-0.3, -0.25) is 0 Å². The Kier molecular flexibility index (Phi) is 5.27. The van der Waals surface area contributed by atoms with Crippen molar-refractivity contribution in [1.29, 1.82) is 0 Å². The number of rotatable bonds is 3. The highest BCUT2D eigenvalue weighted by Gasteiger charge is 2.30. The Labute approximate surface area is 156 Å². The summed E-state index contributed by atoms with van der Waals surface area (Å²) in [5.41, 5.74) is 0.986. The molecule has 24 heavy (non-hydrogen) atoms. The molecule has 1 aliphatic heterocycles. The molecule has 8 heteroatoms. The minimum absolute atomic E-state index is 0.0490. The van der Waals surface area contributed by atoms with Crippen LogP contribution in [0.1, 0.15) is 0 Å². The molecule has 1 heterocycles. The van der Waals surface area contributed by atoms with Crippen molar-refractivity contribution >= 4 is 50.5 Å². The molecule has 0 aliphatic carbocycles. The molecule has 2 aromatic rings. The van der Waals surface area contributed by atoms with E-state index in [1.807, 2.05) is 24.3 Å². The van der Waals surface area contributed by atoms with Gasteiger partial charge in [-0.05, 0) is 30.3 Å². The van der Waals surface area contributed by atoms with Crippen LogP contribution in [0.25, 0.3) is 0 Å². The standard InChI is InChI=1S/C16H15Cl3N2O2S/c17-12-3-1-4-13(11-12)20-7-9-21(10-8-20)24(22,23)15-6-2-5-14(18)16(15)19/h1-6,11H,7-10H2. The van der Waals surface area contributed by atoms with E-state index in [-0.39, 0.29) is 14.9 Å². The zero-order chi connectivity index (χ0) is 17.3. The van der Waals surface area contributed by atoms with Gasteiger partial charge in [0.1, 0.15) is 4.90 Å². The molecule has 4 nitrogen and oxygen atoms in total. The van der Waals surface area contributed by atoms with Gasteiger partial charge in [0.2, 0.25) is 10.0 Å². The summed E-state index contributed by atoms with van der Waals surface area (Å²) in [6.45, 7) is 1.91. The van der Waals surface area contributed by atoms with Crippen LogP contribution in [0, 0.1) is 0 Å². The van der Waals surface area contributed by atoms with E-state index in [1.165, 1.54) is 10.4 Å². The number of benzene rings is 2. The second-order valence-electron chi connectivity index (χ2n) is 5.42. The second-order valence-corrected chi connectivity index (χ2v) is 8.55. The number of piperazine rings is 1. The fraction of sp³-hybridized carbons (Fsp3) is 0.250. The Morgan fingerprint density at radius 2 is 1.54 bits per heavy atom. The summed E-state index contributed by atoms with van der Waals surface area (Å²) in [6, 6.07) is 12.2. The topological polar surface area (TPSA) is 40.6 Å². The summed E-state index contributed by atoms with van der Waals surface area (Å²) in [5.74, 6) is 0. The number of hydrogen-bond donors (Lipinski definition) is 0. The lowest BCUT2D eigenvalue weighted by atomic mass is 10.2. The van der Waals surface area contributed by atoms with Gasteiger partial charge in [0.15, 0.2) is 0 Å². The predicted octanol–water partition coefficient (Wildman–Crippen LogP) is 4.16. The lowest BCUT2D eigenvalue weighted by Crippen LogP contribution is -2.48. The summed E-state index contributed by atoms with van der Waals surface area (Å²) in [4.78, 5) is 2.16. The third kappa shape index (κ3) is 3.51. The Hall–Kier alpha value is -0.980. The van der Waals surface area contributed by atoms with Crippen LogP contribution in [-0.4, -0.2) is 38.9 Å².